The SMILES string of the molecule is Cc1cc(NC2CCCN(Cc3cccnc3Cl)C2)ncn1. The molecule has 2 aromatic rings. The minimum atomic E-state index is 0.401. The molecule has 0 spiro atoms. The number of nitrogens with one attached hydrogen (secondary N) is 1. The van der Waals surface area contributed by atoms with E-state index in [1.165, 1.54) is 6.42 Å². The highest BCUT2D eigenvalue weighted by Crippen LogP contribution is 2.19. The van der Waals surface area contributed by atoms with Gasteiger partial charge in [0.15, 0.2) is 0 Å². The summed E-state index contributed by atoms with van der Waals surface area (Å²) in [6, 6.07) is 6.36. The standard InChI is InChI=1S/C16H20ClN5/c1-12-8-15(20-11-19-12)21-14-5-3-7-22(10-14)9-13-4-2-6-18-16(13)17/h2,4,6,8,11,14H,3,5,7,9-10H2,1H3,(H,19,20,21). The number of hydrogen-bond acceptors (Lipinski definition) is 5. The van der Waals surface area contributed by atoms with Gasteiger partial charge in [-0.3, -0.25) is 4.90 Å². The zero-order valence-corrected chi connectivity index (χ0v) is 13.4. The van der Waals surface area contributed by atoms with Crippen molar-refractivity contribution in [3.05, 3.63) is 47.1 Å². The first-order valence-electron chi connectivity index (χ1n) is 7.57. The first-order chi connectivity index (χ1) is 10.7. The molecule has 22 heavy (non-hydrogen) atoms. The molecule has 1 saturated heterocycles. The van der Waals surface area contributed by atoms with E-state index in [1.807, 2.05) is 25.1 Å². The summed E-state index contributed by atoms with van der Waals surface area (Å²) < 4.78 is 0. The van der Waals surface area contributed by atoms with E-state index in [2.05, 4.69) is 25.2 Å². The van der Waals surface area contributed by atoms with Crippen LogP contribution in [0.3, 0.4) is 0 Å². The minimum absolute atomic E-state index is 0.401. The summed E-state index contributed by atoms with van der Waals surface area (Å²) in [6.45, 7) is 4.89. The van der Waals surface area contributed by atoms with Crippen LogP contribution in [0.25, 0.3) is 0 Å². The average molecular weight is 318 g/mol. The van der Waals surface area contributed by atoms with Crippen LogP contribution in [0.15, 0.2) is 30.7 Å². The molecule has 3 rings (SSSR count). The molecule has 6 heteroatoms. The average Bonchev–Trinajstić information content (AvgIpc) is 2.50. The lowest BCUT2D eigenvalue weighted by molar-refractivity contribution is 0.208. The largest absolute Gasteiger partial charge is 0.366 e. The molecule has 0 radical (unpaired) electrons. The van der Waals surface area contributed by atoms with Gasteiger partial charge in [0.1, 0.15) is 17.3 Å². The summed E-state index contributed by atoms with van der Waals surface area (Å²) in [4.78, 5) is 15.0. The zero-order chi connectivity index (χ0) is 15.4. The fourth-order valence-corrected chi connectivity index (χ4v) is 3.02. The van der Waals surface area contributed by atoms with Crippen LogP contribution in [0.1, 0.15) is 24.1 Å². The normalized spacial score (nSPS) is 19.1. The number of nitrogens with zero attached hydrogens (tertiary/aromatic N) is 4. The number of halogens is 1. The first kappa shape index (κ1) is 15.2. The van der Waals surface area contributed by atoms with Gasteiger partial charge >= 0.3 is 0 Å². The monoisotopic (exact) mass is 317 g/mol. The Bertz CT molecular complexity index is 633. The highest BCUT2D eigenvalue weighted by atomic mass is 35.5. The molecule has 0 aromatic carbocycles. The highest BCUT2D eigenvalue weighted by molar-refractivity contribution is 6.30. The lowest BCUT2D eigenvalue weighted by Crippen LogP contribution is -2.41. The van der Waals surface area contributed by atoms with E-state index in [9.17, 15) is 0 Å². The number of hydrogen-bond donors (Lipinski definition) is 1. The van der Waals surface area contributed by atoms with E-state index in [4.69, 9.17) is 11.6 Å². The summed E-state index contributed by atoms with van der Waals surface area (Å²) >= 11 is 6.16. The maximum atomic E-state index is 6.16. The van der Waals surface area contributed by atoms with Crippen molar-refractivity contribution in [1.29, 1.82) is 0 Å². The fraction of sp³-hybridized carbons (Fsp3) is 0.438. The molecule has 0 bridgehead atoms. The number of rotatable bonds is 4. The molecule has 1 N–H and O–H groups in total. The van der Waals surface area contributed by atoms with Crippen LogP contribution in [-0.4, -0.2) is 39.0 Å². The number of aromatic nitrogens is 3. The van der Waals surface area contributed by atoms with E-state index in [-0.39, 0.29) is 0 Å². The van der Waals surface area contributed by atoms with Gasteiger partial charge in [0.05, 0.1) is 0 Å². The maximum absolute atomic E-state index is 6.16. The first-order valence-corrected chi connectivity index (χ1v) is 7.95. The van der Waals surface area contributed by atoms with Crippen molar-refractivity contribution < 1.29 is 0 Å². The van der Waals surface area contributed by atoms with Crippen molar-refractivity contribution in [3.8, 4) is 0 Å². The Kier molecular flexibility index (Phi) is 4.85. The molecule has 1 aliphatic heterocycles. The molecule has 0 saturated carbocycles. The Morgan fingerprint density at radius 3 is 3.09 bits per heavy atom. The van der Waals surface area contributed by atoms with Crippen LogP contribution in [0.5, 0.6) is 0 Å². The van der Waals surface area contributed by atoms with Gasteiger partial charge in [-0.15, -0.1) is 0 Å². The zero-order valence-electron chi connectivity index (χ0n) is 12.7. The fourth-order valence-electron chi connectivity index (χ4n) is 2.84. The smallest absolute Gasteiger partial charge is 0.133 e. The summed E-state index contributed by atoms with van der Waals surface area (Å²) in [7, 11) is 0. The van der Waals surface area contributed by atoms with Crippen LogP contribution < -0.4 is 5.32 Å². The molecule has 1 unspecified atom stereocenters. The van der Waals surface area contributed by atoms with E-state index in [0.29, 0.717) is 11.2 Å². The Hall–Kier alpha value is -1.72. The summed E-state index contributed by atoms with van der Waals surface area (Å²) in [5.74, 6) is 0.902. The van der Waals surface area contributed by atoms with Gasteiger partial charge in [0, 0.05) is 42.7 Å². The van der Waals surface area contributed by atoms with Crippen molar-refractivity contribution in [2.75, 3.05) is 18.4 Å². The lowest BCUT2D eigenvalue weighted by atomic mass is 10.0. The van der Waals surface area contributed by atoms with Gasteiger partial charge in [-0.25, -0.2) is 15.0 Å². The second kappa shape index (κ2) is 7.03. The number of pyridine rings is 1. The predicted molar refractivity (Wildman–Crippen MR) is 87.9 cm³/mol. The third-order valence-corrected chi connectivity index (χ3v) is 4.23. The predicted octanol–water partition coefficient (Wildman–Crippen LogP) is 2.91. The van der Waals surface area contributed by atoms with Crippen LogP contribution in [0.4, 0.5) is 5.82 Å². The van der Waals surface area contributed by atoms with Gasteiger partial charge < -0.3 is 5.32 Å². The Balaban J connectivity index is 1.61. The molecule has 0 aliphatic carbocycles. The van der Waals surface area contributed by atoms with Crippen molar-refractivity contribution in [3.63, 3.8) is 0 Å². The third-order valence-electron chi connectivity index (χ3n) is 3.89. The topological polar surface area (TPSA) is 53.9 Å². The quantitative estimate of drug-likeness (QED) is 0.879. The van der Waals surface area contributed by atoms with Crippen LogP contribution in [-0.2, 0) is 6.54 Å². The lowest BCUT2D eigenvalue weighted by Gasteiger charge is -2.33. The Morgan fingerprint density at radius 2 is 2.27 bits per heavy atom. The molecule has 1 fully saturated rings. The van der Waals surface area contributed by atoms with Crippen LogP contribution in [0, 0.1) is 6.92 Å². The van der Waals surface area contributed by atoms with Gasteiger partial charge in [-0.1, -0.05) is 17.7 Å². The molecular weight excluding hydrogens is 298 g/mol. The van der Waals surface area contributed by atoms with Crippen molar-refractivity contribution >= 4 is 17.4 Å². The Morgan fingerprint density at radius 1 is 1.36 bits per heavy atom. The van der Waals surface area contributed by atoms with Gasteiger partial charge in [0.2, 0.25) is 0 Å². The van der Waals surface area contributed by atoms with Crippen LogP contribution in [0.2, 0.25) is 5.15 Å². The third kappa shape index (κ3) is 3.93. The Labute approximate surface area is 135 Å². The summed E-state index contributed by atoms with van der Waals surface area (Å²) in [5.41, 5.74) is 2.06. The summed E-state index contributed by atoms with van der Waals surface area (Å²) in [5, 5.41) is 4.11. The number of anilines is 1. The number of aryl methyl sites for hydroxylation is 1. The minimum Gasteiger partial charge on any atom is -0.366 e. The molecule has 1 aliphatic rings. The molecular formula is C16H20ClN5. The second-order valence-corrected chi connectivity index (χ2v) is 6.07. The van der Waals surface area contributed by atoms with E-state index < -0.39 is 0 Å². The number of piperidine rings is 1. The number of likely N-dealkylation sites (tertiary alicyclic amines) is 1. The van der Waals surface area contributed by atoms with Gasteiger partial charge in [0.25, 0.3) is 0 Å². The highest BCUT2D eigenvalue weighted by Gasteiger charge is 2.20. The second-order valence-electron chi connectivity index (χ2n) is 5.72. The summed E-state index contributed by atoms with van der Waals surface area (Å²) in [6.07, 6.45) is 5.65. The van der Waals surface area contributed by atoms with E-state index >= 15 is 0 Å². The molecule has 116 valence electrons. The molecule has 2 aromatic heterocycles. The molecule has 3 heterocycles. The van der Waals surface area contributed by atoms with Crippen molar-refractivity contribution in [2.24, 2.45) is 0 Å². The van der Waals surface area contributed by atoms with Crippen LogP contribution >= 0.6 is 11.6 Å². The molecule has 0 amide bonds. The van der Waals surface area contributed by atoms with E-state index in [1.54, 1.807) is 12.5 Å². The van der Waals surface area contributed by atoms with Crippen molar-refractivity contribution in [1.82, 2.24) is 19.9 Å². The van der Waals surface area contributed by atoms with Crippen molar-refractivity contribution in [2.45, 2.75) is 32.4 Å². The maximum Gasteiger partial charge on any atom is 0.133 e. The van der Waals surface area contributed by atoms with Gasteiger partial charge in [-0.2, -0.15) is 0 Å². The van der Waals surface area contributed by atoms with E-state index in [0.717, 1.165) is 43.1 Å². The molecule has 1 atom stereocenters. The van der Waals surface area contributed by atoms with Gasteiger partial charge in [-0.05, 0) is 32.4 Å². The molecule has 5 nitrogen and oxygen atoms in total.